The lowest BCUT2D eigenvalue weighted by molar-refractivity contribution is 0.0855. The highest BCUT2D eigenvalue weighted by Gasteiger charge is 2.27. The summed E-state index contributed by atoms with van der Waals surface area (Å²) in [6.07, 6.45) is 0. The number of Topliss-reactive ketones (excluding diaryl/α,β-unsaturated/α-hetero) is 1. The first kappa shape index (κ1) is 14.7. The summed E-state index contributed by atoms with van der Waals surface area (Å²) in [6.45, 7) is 5.25. The zero-order valence-corrected chi connectivity index (χ0v) is 11.7. The van der Waals surface area contributed by atoms with E-state index in [9.17, 15) is 13.2 Å². The molecule has 5 nitrogen and oxygen atoms in total. The number of rotatable bonds is 3. The molecule has 0 aliphatic heterocycles. The molecule has 1 aromatic rings. The van der Waals surface area contributed by atoms with Crippen LogP contribution in [0.4, 0.5) is 0 Å². The van der Waals surface area contributed by atoms with Gasteiger partial charge in [-0.3, -0.25) is 4.79 Å². The zero-order chi connectivity index (χ0) is 14.1. The van der Waals surface area contributed by atoms with Crippen LogP contribution in [0.15, 0.2) is 23.1 Å². The highest BCUT2D eigenvalue weighted by molar-refractivity contribution is 7.89. The SMILES string of the molecule is COc1ccc(S(N)(=O)=O)cc1C(=O)C(C)(C)C. The van der Waals surface area contributed by atoms with Gasteiger partial charge in [-0.2, -0.15) is 0 Å². The van der Waals surface area contributed by atoms with E-state index < -0.39 is 15.4 Å². The van der Waals surface area contributed by atoms with E-state index in [2.05, 4.69) is 0 Å². The van der Waals surface area contributed by atoms with E-state index >= 15 is 0 Å². The maximum atomic E-state index is 12.2. The van der Waals surface area contributed by atoms with Crippen LogP contribution in [-0.2, 0) is 10.0 Å². The molecule has 0 aromatic heterocycles. The second-order valence-electron chi connectivity index (χ2n) is 4.99. The van der Waals surface area contributed by atoms with Crippen LogP contribution in [0, 0.1) is 5.41 Å². The van der Waals surface area contributed by atoms with Gasteiger partial charge in [0.15, 0.2) is 5.78 Å². The third-order valence-electron chi connectivity index (χ3n) is 2.43. The Balaban J connectivity index is 3.46. The van der Waals surface area contributed by atoms with Crippen LogP contribution in [0.3, 0.4) is 0 Å². The normalized spacial score (nSPS) is 12.3. The molecule has 100 valence electrons. The number of sulfonamides is 1. The van der Waals surface area contributed by atoms with Crippen molar-refractivity contribution in [1.29, 1.82) is 0 Å². The van der Waals surface area contributed by atoms with Gasteiger partial charge >= 0.3 is 0 Å². The summed E-state index contributed by atoms with van der Waals surface area (Å²) in [5.41, 5.74) is -0.416. The second kappa shape index (κ2) is 4.70. The third-order valence-corrected chi connectivity index (χ3v) is 3.34. The minimum atomic E-state index is -3.84. The number of benzene rings is 1. The Morgan fingerprint density at radius 3 is 2.22 bits per heavy atom. The number of methoxy groups -OCH3 is 1. The van der Waals surface area contributed by atoms with Crippen LogP contribution in [0.1, 0.15) is 31.1 Å². The predicted molar refractivity (Wildman–Crippen MR) is 68.2 cm³/mol. The summed E-state index contributed by atoms with van der Waals surface area (Å²) in [6, 6.07) is 3.99. The highest BCUT2D eigenvalue weighted by atomic mass is 32.2. The summed E-state index contributed by atoms with van der Waals surface area (Å²) in [4.78, 5) is 12.1. The molecule has 0 aliphatic carbocycles. The largest absolute Gasteiger partial charge is 0.496 e. The maximum Gasteiger partial charge on any atom is 0.238 e. The lowest BCUT2D eigenvalue weighted by atomic mass is 9.86. The number of hydrogen-bond acceptors (Lipinski definition) is 4. The van der Waals surface area contributed by atoms with Crippen LogP contribution in [0.25, 0.3) is 0 Å². The van der Waals surface area contributed by atoms with Gasteiger partial charge in [-0.05, 0) is 18.2 Å². The molecule has 1 rings (SSSR count). The molecule has 0 saturated heterocycles. The smallest absolute Gasteiger partial charge is 0.238 e. The van der Waals surface area contributed by atoms with E-state index in [4.69, 9.17) is 9.88 Å². The van der Waals surface area contributed by atoms with Crippen molar-refractivity contribution in [2.75, 3.05) is 7.11 Å². The first-order valence-electron chi connectivity index (χ1n) is 5.33. The number of primary sulfonamides is 1. The second-order valence-corrected chi connectivity index (χ2v) is 6.55. The Morgan fingerprint density at radius 2 is 1.83 bits per heavy atom. The standard InChI is InChI=1S/C12H17NO4S/c1-12(2,3)11(14)9-7-8(18(13,15)16)5-6-10(9)17-4/h5-7H,1-4H3,(H2,13,15,16). The molecule has 0 atom stereocenters. The molecule has 1 aromatic carbocycles. The van der Waals surface area contributed by atoms with E-state index in [0.717, 1.165) is 0 Å². The summed E-state index contributed by atoms with van der Waals surface area (Å²) < 4.78 is 27.6. The van der Waals surface area contributed by atoms with Crippen molar-refractivity contribution < 1.29 is 17.9 Å². The van der Waals surface area contributed by atoms with E-state index in [0.29, 0.717) is 5.75 Å². The fourth-order valence-corrected chi connectivity index (χ4v) is 1.99. The van der Waals surface area contributed by atoms with E-state index in [1.54, 1.807) is 20.8 Å². The van der Waals surface area contributed by atoms with Gasteiger partial charge in [0.05, 0.1) is 17.6 Å². The lowest BCUT2D eigenvalue weighted by Crippen LogP contribution is -2.22. The minimum absolute atomic E-state index is 0.101. The van der Waals surface area contributed by atoms with Crippen molar-refractivity contribution in [3.8, 4) is 5.75 Å². The lowest BCUT2D eigenvalue weighted by Gasteiger charge is -2.18. The molecule has 0 bridgehead atoms. The Kier molecular flexibility index (Phi) is 3.83. The quantitative estimate of drug-likeness (QED) is 0.845. The number of ether oxygens (including phenoxy) is 1. The topological polar surface area (TPSA) is 86.5 Å². The zero-order valence-electron chi connectivity index (χ0n) is 10.9. The summed E-state index contributed by atoms with van der Waals surface area (Å²) in [5, 5.41) is 5.05. The first-order chi connectivity index (χ1) is 8.07. The molecule has 0 aliphatic rings. The molecule has 0 radical (unpaired) electrons. The average molecular weight is 271 g/mol. The van der Waals surface area contributed by atoms with Crippen LogP contribution >= 0.6 is 0 Å². The van der Waals surface area contributed by atoms with E-state index in [1.165, 1.54) is 25.3 Å². The Bertz CT molecular complexity index is 570. The summed E-state index contributed by atoms with van der Waals surface area (Å²) >= 11 is 0. The van der Waals surface area contributed by atoms with Crippen LogP contribution < -0.4 is 9.88 Å². The third kappa shape index (κ3) is 3.08. The van der Waals surface area contributed by atoms with Gasteiger partial charge in [-0.15, -0.1) is 0 Å². The molecular weight excluding hydrogens is 254 g/mol. The molecular formula is C12H17NO4S. The first-order valence-corrected chi connectivity index (χ1v) is 6.87. The molecule has 0 fully saturated rings. The van der Waals surface area contributed by atoms with Crippen LogP contribution in [-0.4, -0.2) is 21.3 Å². The van der Waals surface area contributed by atoms with Gasteiger partial charge in [0.1, 0.15) is 5.75 Å². The maximum absolute atomic E-state index is 12.2. The fraction of sp³-hybridized carbons (Fsp3) is 0.417. The van der Waals surface area contributed by atoms with Crippen molar-refractivity contribution in [2.24, 2.45) is 10.6 Å². The van der Waals surface area contributed by atoms with Crippen molar-refractivity contribution in [3.63, 3.8) is 0 Å². The average Bonchev–Trinajstić information content (AvgIpc) is 2.24. The molecule has 2 N–H and O–H groups in total. The van der Waals surface area contributed by atoms with E-state index in [-0.39, 0.29) is 16.2 Å². The summed E-state index contributed by atoms with van der Waals surface area (Å²) in [7, 11) is -2.42. The van der Waals surface area contributed by atoms with Gasteiger partial charge in [0, 0.05) is 5.41 Å². The van der Waals surface area contributed by atoms with Crippen molar-refractivity contribution in [3.05, 3.63) is 23.8 Å². The van der Waals surface area contributed by atoms with Crippen molar-refractivity contribution in [1.82, 2.24) is 0 Å². The van der Waals surface area contributed by atoms with Gasteiger partial charge in [-0.1, -0.05) is 20.8 Å². The van der Waals surface area contributed by atoms with E-state index in [1.807, 2.05) is 0 Å². The van der Waals surface area contributed by atoms with Gasteiger partial charge < -0.3 is 4.74 Å². The molecule has 0 unspecified atom stereocenters. The fourth-order valence-electron chi connectivity index (χ4n) is 1.45. The molecule has 0 spiro atoms. The highest BCUT2D eigenvalue weighted by Crippen LogP contribution is 2.29. The van der Waals surface area contributed by atoms with Crippen LogP contribution in [0.5, 0.6) is 5.75 Å². The van der Waals surface area contributed by atoms with Crippen molar-refractivity contribution in [2.45, 2.75) is 25.7 Å². The summed E-state index contributed by atoms with van der Waals surface area (Å²) in [5.74, 6) is 0.132. The predicted octanol–water partition coefficient (Wildman–Crippen LogP) is 1.57. The molecule has 6 heteroatoms. The number of carbonyl (C=O) groups excluding carboxylic acids is 1. The minimum Gasteiger partial charge on any atom is -0.496 e. The number of ketones is 1. The van der Waals surface area contributed by atoms with Gasteiger partial charge in [0.25, 0.3) is 0 Å². The Hall–Kier alpha value is -1.40. The monoisotopic (exact) mass is 271 g/mol. The number of carbonyl (C=O) groups is 1. The van der Waals surface area contributed by atoms with Crippen LogP contribution in [0.2, 0.25) is 0 Å². The van der Waals surface area contributed by atoms with Gasteiger partial charge in [0.2, 0.25) is 10.0 Å². The number of nitrogens with two attached hydrogens (primary N) is 1. The molecule has 18 heavy (non-hydrogen) atoms. The number of hydrogen-bond donors (Lipinski definition) is 1. The Labute approximate surface area is 107 Å². The molecule has 0 amide bonds. The Morgan fingerprint density at radius 1 is 1.28 bits per heavy atom. The van der Waals surface area contributed by atoms with Gasteiger partial charge in [-0.25, -0.2) is 13.6 Å². The van der Waals surface area contributed by atoms with Crippen molar-refractivity contribution >= 4 is 15.8 Å². The molecule has 0 saturated carbocycles. The molecule has 0 heterocycles.